The lowest BCUT2D eigenvalue weighted by Gasteiger charge is -2.13. The second kappa shape index (κ2) is 9.27. The van der Waals surface area contributed by atoms with Gasteiger partial charge < -0.3 is 15.2 Å². The number of carbonyl (C=O) groups excluding carboxylic acids is 1. The van der Waals surface area contributed by atoms with Crippen LogP contribution in [0.1, 0.15) is 10.4 Å². The SMILES string of the molecule is CNC(O)COc1cccc(NC(=O)c2cc(-c3cccc(F)c3)ccc2F)c1. The van der Waals surface area contributed by atoms with Crippen LogP contribution in [-0.4, -0.2) is 30.9 Å². The Balaban J connectivity index is 1.78. The van der Waals surface area contributed by atoms with E-state index in [9.17, 15) is 18.7 Å². The fourth-order valence-electron chi connectivity index (χ4n) is 2.67. The van der Waals surface area contributed by atoms with Crippen LogP contribution >= 0.6 is 0 Å². The van der Waals surface area contributed by atoms with Gasteiger partial charge in [-0.1, -0.05) is 24.3 Å². The van der Waals surface area contributed by atoms with Gasteiger partial charge in [-0.3, -0.25) is 10.1 Å². The third-order valence-corrected chi connectivity index (χ3v) is 4.20. The maximum absolute atomic E-state index is 14.3. The van der Waals surface area contributed by atoms with Crippen LogP contribution in [0.5, 0.6) is 5.75 Å². The molecule has 5 nitrogen and oxygen atoms in total. The quantitative estimate of drug-likeness (QED) is 0.530. The van der Waals surface area contributed by atoms with Crippen molar-refractivity contribution < 1.29 is 23.4 Å². The molecule has 0 saturated carbocycles. The Hall–Kier alpha value is -3.29. The van der Waals surface area contributed by atoms with Crippen LogP contribution in [0, 0.1) is 11.6 Å². The second-order valence-electron chi connectivity index (χ2n) is 6.30. The lowest BCUT2D eigenvalue weighted by Crippen LogP contribution is -2.30. The van der Waals surface area contributed by atoms with Crippen LogP contribution in [-0.2, 0) is 0 Å². The number of aliphatic hydroxyl groups is 1. The number of hydrogen-bond donors (Lipinski definition) is 3. The number of aliphatic hydroxyl groups excluding tert-OH is 1. The largest absolute Gasteiger partial charge is 0.489 e. The average molecular weight is 398 g/mol. The molecule has 0 aliphatic heterocycles. The molecule has 0 radical (unpaired) electrons. The molecule has 0 aliphatic carbocycles. The standard InChI is InChI=1S/C22H20F2N2O3/c1-25-21(27)13-29-18-7-3-6-17(12-18)26-22(28)19-11-15(8-9-20(19)24)14-4-2-5-16(23)10-14/h2-12,21,25,27H,13H2,1H3,(H,26,28). The van der Waals surface area contributed by atoms with E-state index in [2.05, 4.69) is 10.6 Å². The van der Waals surface area contributed by atoms with Crippen molar-refractivity contribution in [2.24, 2.45) is 0 Å². The van der Waals surface area contributed by atoms with Gasteiger partial charge in [0.2, 0.25) is 0 Å². The van der Waals surface area contributed by atoms with Crippen LogP contribution in [0.2, 0.25) is 0 Å². The van der Waals surface area contributed by atoms with Gasteiger partial charge in [-0.25, -0.2) is 8.78 Å². The first-order chi connectivity index (χ1) is 14.0. The monoisotopic (exact) mass is 398 g/mol. The molecule has 0 saturated heterocycles. The van der Waals surface area contributed by atoms with Gasteiger partial charge in [0, 0.05) is 11.8 Å². The lowest BCUT2D eigenvalue weighted by molar-refractivity contribution is 0.0859. The van der Waals surface area contributed by atoms with E-state index < -0.39 is 23.8 Å². The van der Waals surface area contributed by atoms with E-state index >= 15 is 0 Å². The number of nitrogens with one attached hydrogen (secondary N) is 2. The minimum absolute atomic E-state index is 0.0260. The normalized spacial score (nSPS) is 11.7. The summed E-state index contributed by atoms with van der Waals surface area (Å²) in [5, 5.41) is 14.7. The van der Waals surface area contributed by atoms with E-state index in [0.717, 1.165) is 0 Å². The van der Waals surface area contributed by atoms with Crippen molar-refractivity contribution in [3.8, 4) is 16.9 Å². The van der Waals surface area contributed by atoms with Crippen molar-refractivity contribution in [1.82, 2.24) is 5.32 Å². The summed E-state index contributed by atoms with van der Waals surface area (Å²) in [7, 11) is 1.59. The molecule has 150 valence electrons. The predicted octanol–water partition coefficient (Wildman–Crippen LogP) is 3.80. The molecule has 3 rings (SSSR count). The van der Waals surface area contributed by atoms with E-state index in [1.807, 2.05) is 0 Å². The maximum Gasteiger partial charge on any atom is 0.258 e. The van der Waals surface area contributed by atoms with E-state index in [0.29, 0.717) is 22.6 Å². The summed E-state index contributed by atoms with van der Waals surface area (Å²) < 4.78 is 33.1. The Morgan fingerprint density at radius 1 is 1.03 bits per heavy atom. The first kappa shape index (κ1) is 20.4. The Morgan fingerprint density at radius 3 is 2.55 bits per heavy atom. The number of halogens is 2. The van der Waals surface area contributed by atoms with Gasteiger partial charge in [-0.2, -0.15) is 0 Å². The first-order valence-electron chi connectivity index (χ1n) is 8.91. The zero-order valence-electron chi connectivity index (χ0n) is 15.7. The number of benzene rings is 3. The number of anilines is 1. The summed E-state index contributed by atoms with van der Waals surface area (Å²) in [6.45, 7) is 0.0260. The first-order valence-corrected chi connectivity index (χ1v) is 8.91. The Morgan fingerprint density at radius 2 is 1.79 bits per heavy atom. The number of carbonyl (C=O) groups is 1. The number of amides is 1. The number of hydrogen-bond acceptors (Lipinski definition) is 4. The highest BCUT2D eigenvalue weighted by atomic mass is 19.1. The number of rotatable bonds is 7. The van der Waals surface area contributed by atoms with Crippen LogP contribution in [0.15, 0.2) is 66.7 Å². The van der Waals surface area contributed by atoms with Crippen molar-refractivity contribution in [2.75, 3.05) is 19.0 Å². The third kappa shape index (κ3) is 5.37. The Kier molecular flexibility index (Phi) is 6.54. The molecular weight excluding hydrogens is 378 g/mol. The maximum atomic E-state index is 14.3. The summed E-state index contributed by atoms with van der Waals surface area (Å²) in [4.78, 5) is 12.6. The van der Waals surface area contributed by atoms with Crippen molar-refractivity contribution in [2.45, 2.75) is 6.23 Å². The van der Waals surface area contributed by atoms with Gasteiger partial charge in [0.25, 0.3) is 5.91 Å². The molecule has 1 amide bonds. The third-order valence-electron chi connectivity index (χ3n) is 4.20. The van der Waals surface area contributed by atoms with Gasteiger partial charge in [0.05, 0.1) is 5.56 Å². The topological polar surface area (TPSA) is 70.6 Å². The van der Waals surface area contributed by atoms with Crippen molar-refractivity contribution in [3.63, 3.8) is 0 Å². The summed E-state index contributed by atoms with van der Waals surface area (Å²) in [6, 6.07) is 16.4. The van der Waals surface area contributed by atoms with Crippen LogP contribution in [0.4, 0.5) is 14.5 Å². The summed E-state index contributed by atoms with van der Waals surface area (Å²) in [6.07, 6.45) is -0.826. The molecule has 3 aromatic carbocycles. The zero-order valence-corrected chi connectivity index (χ0v) is 15.7. The second-order valence-corrected chi connectivity index (χ2v) is 6.30. The Labute approximate surface area is 167 Å². The highest BCUT2D eigenvalue weighted by Crippen LogP contribution is 2.24. The number of ether oxygens (including phenoxy) is 1. The summed E-state index contributed by atoms with van der Waals surface area (Å²) in [5.74, 6) is -1.32. The number of likely N-dealkylation sites (N-methyl/N-ethyl adjacent to an activating group) is 1. The van der Waals surface area contributed by atoms with Gasteiger partial charge in [0.15, 0.2) is 0 Å². The zero-order chi connectivity index (χ0) is 20.8. The van der Waals surface area contributed by atoms with E-state index in [1.165, 1.54) is 30.3 Å². The van der Waals surface area contributed by atoms with E-state index in [-0.39, 0.29) is 12.2 Å². The molecule has 3 aromatic rings. The van der Waals surface area contributed by atoms with Crippen molar-refractivity contribution >= 4 is 11.6 Å². The molecule has 1 unspecified atom stereocenters. The molecule has 0 aliphatic rings. The molecule has 0 aromatic heterocycles. The minimum Gasteiger partial charge on any atom is -0.489 e. The van der Waals surface area contributed by atoms with Gasteiger partial charge in [0.1, 0.15) is 30.2 Å². The molecule has 0 bridgehead atoms. The molecule has 1 atom stereocenters. The fourth-order valence-corrected chi connectivity index (χ4v) is 2.67. The molecule has 0 heterocycles. The van der Waals surface area contributed by atoms with Crippen LogP contribution < -0.4 is 15.4 Å². The molecule has 0 spiro atoms. The van der Waals surface area contributed by atoms with Crippen LogP contribution in [0.3, 0.4) is 0 Å². The minimum atomic E-state index is -0.826. The van der Waals surface area contributed by atoms with E-state index in [1.54, 1.807) is 43.4 Å². The predicted molar refractivity (Wildman–Crippen MR) is 107 cm³/mol. The van der Waals surface area contributed by atoms with Gasteiger partial charge in [-0.15, -0.1) is 0 Å². The van der Waals surface area contributed by atoms with E-state index in [4.69, 9.17) is 4.74 Å². The van der Waals surface area contributed by atoms with Crippen molar-refractivity contribution in [3.05, 3.63) is 83.9 Å². The molecule has 29 heavy (non-hydrogen) atoms. The van der Waals surface area contributed by atoms with Crippen molar-refractivity contribution in [1.29, 1.82) is 0 Å². The lowest BCUT2D eigenvalue weighted by atomic mass is 10.0. The Bertz CT molecular complexity index is 1010. The summed E-state index contributed by atoms with van der Waals surface area (Å²) >= 11 is 0. The van der Waals surface area contributed by atoms with Crippen LogP contribution in [0.25, 0.3) is 11.1 Å². The highest BCUT2D eigenvalue weighted by molar-refractivity contribution is 6.05. The fraction of sp³-hybridized carbons (Fsp3) is 0.136. The molecule has 0 fully saturated rings. The highest BCUT2D eigenvalue weighted by Gasteiger charge is 2.14. The molecule has 7 heteroatoms. The molecular formula is C22H20F2N2O3. The van der Waals surface area contributed by atoms with Gasteiger partial charge >= 0.3 is 0 Å². The molecule has 3 N–H and O–H groups in total. The summed E-state index contributed by atoms with van der Waals surface area (Å²) in [5.41, 5.74) is 1.30. The smallest absolute Gasteiger partial charge is 0.258 e. The average Bonchev–Trinajstić information content (AvgIpc) is 2.72. The van der Waals surface area contributed by atoms with Gasteiger partial charge in [-0.05, 0) is 54.6 Å².